The normalized spacial score (nSPS) is 18.2. The molecule has 0 radical (unpaired) electrons. The molecule has 0 unspecified atom stereocenters. The van der Waals surface area contributed by atoms with Crippen LogP contribution in [0.4, 0.5) is 11.5 Å². The fraction of sp³-hybridized carbons (Fsp3) is 0.433. The maximum Gasteiger partial charge on any atom is 0.318 e. The highest BCUT2D eigenvalue weighted by Crippen LogP contribution is 2.34. The van der Waals surface area contributed by atoms with Crippen LogP contribution in [-0.4, -0.2) is 73.2 Å². The molecule has 0 bridgehead atoms. The monoisotopic (exact) mass is 514 g/mol. The number of carbonyl (C=O) groups excluding carboxylic acids is 1. The maximum atomic E-state index is 11.8. The summed E-state index contributed by atoms with van der Waals surface area (Å²) in [5.41, 5.74) is 3.37. The highest BCUT2D eigenvalue weighted by atomic mass is 16.5. The van der Waals surface area contributed by atoms with Gasteiger partial charge in [-0.3, -0.25) is 4.79 Å². The van der Waals surface area contributed by atoms with Crippen molar-refractivity contribution in [1.29, 1.82) is 0 Å². The number of benzene rings is 2. The van der Waals surface area contributed by atoms with Crippen LogP contribution in [0.3, 0.4) is 0 Å². The lowest BCUT2D eigenvalue weighted by Gasteiger charge is -2.35. The average molecular weight is 515 g/mol. The summed E-state index contributed by atoms with van der Waals surface area (Å²) in [6.07, 6.45) is 4.45. The van der Waals surface area contributed by atoms with Crippen LogP contribution in [0.15, 0.2) is 55.1 Å². The summed E-state index contributed by atoms with van der Waals surface area (Å²) >= 11 is 0. The molecule has 1 fully saturated rings. The third-order valence-corrected chi connectivity index (χ3v) is 7.96. The Kier molecular flexibility index (Phi) is 7.79. The summed E-state index contributed by atoms with van der Waals surface area (Å²) < 4.78 is 6.23. The lowest BCUT2D eigenvalue weighted by atomic mass is 10.0. The highest BCUT2D eigenvalue weighted by Gasteiger charge is 2.28. The van der Waals surface area contributed by atoms with Crippen molar-refractivity contribution in [2.24, 2.45) is 0 Å². The molecule has 1 N–H and O–H groups in total. The fourth-order valence-electron chi connectivity index (χ4n) is 5.46. The van der Waals surface area contributed by atoms with Gasteiger partial charge in [0.05, 0.1) is 12.2 Å². The van der Waals surface area contributed by atoms with E-state index in [4.69, 9.17) is 14.7 Å². The van der Waals surface area contributed by atoms with E-state index in [2.05, 4.69) is 83.0 Å². The molecule has 2 aliphatic heterocycles. The number of carbonyl (C=O) groups is 1. The van der Waals surface area contributed by atoms with Crippen molar-refractivity contribution in [3.8, 4) is 6.01 Å². The smallest absolute Gasteiger partial charge is 0.318 e. The largest absolute Gasteiger partial charge is 0.462 e. The van der Waals surface area contributed by atoms with Crippen LogP contribution < -0.4 is 19.9 Å². The molecule has 0 saturated carbocycles. The molecule has 38 heavy (non-hydrogen) atoms. The van der Waals surface area contributed by atoms with Crippen molar-refractivity contribution in [2.75, 3.05) is 50.1 Å². The summed E-state index contributed by atoms with van der Waals surface area (Å²) in [5.74, 6) is 0.702. The van der Waals surface area contributed by atoms with Crippen LogP contribution >= 0.6 is 0 Å². The van der Waals surface area contributed by atoms with Crippen LogP contribution in [0.5, 0.6) is 6.01 Å². The van der Waals surface area contributed by atoms with E-state index < -0.39 is 0 Å². The van der Waals surface area contributed by atoms with Gasteiger partial charge in [0.25, 0.3) is 0 Å². The first-order chi connectivity index (χ1) is 18.4. The van der Waals surface area contributed by atoms with Crippen molar-refractivity contribution < 1.29 is 9.53 Å². The Bertz CT molecular complexity index is 1310. The van der Waals surface area contributed by atoms with Crippen molar-refractivity contribution in [2.45, 2.75) is 44.8 Å². The van der Waals surface area contributed by atoms with E-state index in [1.165, 1.54) is 29.0 Å². The summed E-state index contributed by atoms with van der Waals surface area (Å²) in [6, 6.07) is 15.8. The molecule has 1 saturated heterocycles. The topological polar surface area (TPSA) is 73.8 Å². The lowest BCUT2D eigenvalue weighted by Crippen LogP contribution is -2.41. The molecule has 2 atom stereocenters. The van der Waals surface area contributed by atoms with Gasteiger partial charge in [-0.25, -0.2) is 0 Å². The van der Waals surface area contributed by atoms with E-state index in [9.17, 15) is 4.79 Å². The van der Waals surface area contributed by atoms with Crippen molar-refractivity contribution >= 4 is 28.2 Å². The Morgan fingerprint density at radius 2 is 2.05 bits per heavy atom. The van der Waals surface area contributed by atoms with E-state index >= 15 is 0 Å². The minimum absolute atomic E-state index is 0.0304. The molecular formula is C30H38N6O2. The quantitative estimate of drug-likeness (QED) is 0.436. The van der Waals surface area contributed by atoms with E-state index in [0.717, 1.165) is 43.0 Å². The maximum absolute atomic E-state index is 11.8. The fourth-order valence-corrected chi connectivity index (χ4v) is 5.46. The number of hydrogen-bond acceptors (Lipinski definition) is 7. The summed E-state index contributed by atoms with van der Waals surface area (Å²) in [5, 5.41) is 5.39. The molecule has 8 nitrogen and oxygen atoms in total. The van der Waals surface area contributed by atoms with Crippen molar-refractivity contribution in [3.63, 3.8) is 0 Å². The molecule has 1 aromatic heterocycles. The number of likely N-dealkylation sites (N-methyl/N-ethyl adjacent to an activating group) is 2. The van der Waals surface area contributed by atoms with Gasteiger partial charge in [0.1, 0.15) is 12.4 Å². The highest BCUT2D eigenvalue weighted by molar-refractivity contribution is 5.94. The van der Waals surface area contributed by atoms with Crippen molar-refractivity contribution in [1.82, 2.24) is 20.2 Å². The van der Waals surface area contributed by atoms with Crippen LogP contribution in [0.2, 0.25) is 0 Å². The molecule has 200 valence electrons. The van der Waals surface area contributed by atoms with Crippen LogP contribution in [0.25, 0.3) is 10.8 Å². The Morgan fingerprint density at radius 3 is 2.84 bits per heavy atom. The summed E-state index contributed by atoms with van der Waals surface area (Å²) in [7, 11) is 4.17. The second kappa shape index (κ2) is 11.4. The van der Waals surface area contributed by atoms with Gasteiger partial charge in [-0.2, -0.15) is 9.97 Å². The van der Waals surface area contributed by atoms with Crippen LogP contribution in [-0.2, 0) is 17.8 Å². The number of likely N-dealkylation sites (tertiary alicyclic amines) is 1. The van der Waals surface area contributed by atoms with E-state index in [0.29, 0.717) is 31.7 Å². The van der Waals surface area contributed by atoms with Gasteiger partial charge < -0.3 is 24.8 Å². The lowest BCUT2D eigenvalue weighted by molar-refractivity contribution is -0.116. The molecule has 2 aliphatic rings. The Hall–Kier alpha value is -3.65. The number of ether oxygens (including phenoxy) is 1. The van der Waals surface area contributed by atoms with Gasteiger partial charge in [0.2, 0.25) is 5.91 Å². The SMILES string of the molecule is C=CC(=O)NC[C@H](C)N(C)c1nc(OC[C@@H]2CCCN2C)nc2c1CCN(c1cccc3ccccc13)C2. The number of nitrogens with zero attached hydrogens (tertiary/aromatic N) is 5. The molecule has 1 amide bonds. The van der Waals surface area contributed by atoms with Gasteiger partial charge >= 0.3 is 6.01 Å². The Morgan fingerprint density at radius 1 is 1.24 bits per heavy atom. The van der Waals surface area contributed by atoms with E-state index in [1.807, 2.05) is 7.05 Å². The second-order valence-corrected chi connectivity index (χ2v) is 10.4. The zero-order valence-corrected chi connectivity index (χ0v) is 22.7. The molecule has 5 rings (SSSR count). The third-order valence-electron chi connectivity index (χ3n) is 7.96. The molecule has 3 aromatic rings. The number of amides is 1. The van der Waals surface area contributed by atoms with Gasteiger partial charge in [-0.1, -0.05) is 43.0 Å². The number of aromatic nitrogens is 2. The first-order valence-corrected chi connectivity index (χ1v) is 13.5. The zero-order chi connectivity index (χ0) is 26.6. The molecule has 3 heterocycles. The number of anilines is 2. The predicted octanol–water partition coefficient (Wildman–Crippen LogP) is 3.79. The van der Waals surface area contributed by atoms with Gasteiger partial charge in [-0.15, -0.1) is 0 Å². The van der Waals surface area contributed by atoms with Crippen molar-refractivity contribution in [3.05, 3.63) is 66.4 Å². The third kappa shape index (κ3) is 5.45. The van der Waals surface area contributed by atoms with Crippen LogP contribution in [0, 0.1) is 0 Å². The number of nitrogens with one attached hydrogen (secondary N) is 1. The second-order valence-electron chi connectivity index (χ2n) is 10.4. The minimum atomic E-state index is -0.176. The van der Waals surface area contributed by atoms with Gasteiger partial charge in [0.15, 0.2) is 0 Å². The zero-order valence-electron chi connectivity index (χ0n) is 22.7. The Labute approximate surface area is 225 Å². The molecule has 0 aliphatic carbocycles. The standard InChI is InChI=1S/C30H38N6O2/c1-5-28(37)31-18-21(2)35(4)29-25-15-17-36(27-14-8-11-22-10-6-7-13-24(22)27)19-26(25)32-30(33-29)38-20-23-12-9-16-34(23)3/h5-8,10-11,13-14,21,23H,1,9,12,15-20H2,2-4H3,(H,31,37)/t21-,23-/m0/s1. The first-order valence-electron chi connectivity index (χ1n) is 13.5. The van der Waals surface area contributed by atoms with E-state index in [-0.39, 0.29) is 11.9 Å². The molecule has 0 spiro atoms. The van der Waals surface area contributed by atoms with Gasteiger partial charge in [0, 0.05) is 48.9 Å². The number of hydrogen-bond donors (Lipinski definition) is 1. The predicted molar refractivity (Wildman–Crippen MR) is 153 cm³/mol. The minimum Gasteiger partial charge on any atom is -0.462 e. The Balaban J connectivity index is 1.44. The first kappa shape index (κ1) is 26.0. The number of rotatable bonds is 9. The molecule has 8 heteroatoms. The van der Waals surface area contributed by atoms with Gasteiger partial charge in [-0.05, 0) is 57.3 Å². The average Bonchev–Trinajstić information content (AvgIpc) is 3.37. The summed E-state index contributed by atoms with van der Waals surface area (Å²) in [4.78, 5) is 28.5. The molecule has 2 aromatic carbocycles. The summed E-state index contributed by atoms with van der Waals surface area (Å²) in [6.45, 7) is 9.36. The van der Waals surface area contributed by atoms with Crippen LogP contribution in [0.1, 0.15) is 31.0 Å². The van der Waals surface area contributed by atoms with E-state index in [1.54, 1.807) is 0 Å². The molecular weight excluding hydrogens is 476 g/mol. The number of fused-ring (bicyclic) bond motifs is 2.